The summed E-state index contributed by atoms with van der Waals surface area (Å²) in [7, 11) is 1.38. The molecule has 1 N–H and O–H groups in total. The molecule has 31 heavy (non-hydrogen) atoms. The van der Waals surface area contributed by atoms with Gasteiger partial charge in [-0.2, -0.15) is 0 Å². The van der Waals surface area contributed by atoms with Crippen molar-refractivity contribution in [3.63, 3.8) is 0 Å². The topological polar surface area (TPSA) is 67.9 Å². The average Bonchev–Trinajstić information content (AvgIpc) is 3.16. The van der Waals surface area contributed by atoms with Gasteiger partial charge in [-0.15, -0.1) is 0 Å². The van der Waals surface area contributed by atoms with Gasteiger partial charge in [-0.05, 0) is 77.2 Å². The fourth-order valence-corrected chi connectivity index (χ4v) is 4.92. The number of likely N-dealkylation sites (tertiary alicyclic amines) is 1. The first-order valence-electron chi connectivity index (χ1n) is 11.6. The van der Waals surface area contributed by atoms with Gasteiger partial charge < -0.3 is 14.8 Å². The van der Waals surface area contributed by atoms with Crippen molar-refractivity contribution in [1.29, 1.82) is 0 Å². The van der Waals surface area contributed by atoms with Crippen molar-refractivity contribution in [3.8, 4) is 0 Å². The Labute approximate surface area is 186 Å². The number of rotatable bonds is 6. The Kier molecular flexibility index (Phi) is 7.98. The van der Waals surface area contributed by atoms with Crippen LogP contribution in [0.1, 0.15) is 71.3 Å². The van der Waals surface area contributed by atoms with Crippen LogP contribution in [-0.2, 0) is 20.8 Å². The third-order valence-corrected chi connectivity index (χ3v) is 6.47. The maximum atomic E-state index is 12.9. The molecule has 1 aromatic carbocycles. The lowest BCUT2D eigenvalue weighted by atomic mass is 9.82. The molecule has 1 saturated carbocycles. The van der Waals surface area contributed by atoms with Crippen molar-refractivity contribution in [2.45, 2.75) is 96.0 Å². The van der Waals surface area contributed by atoms with Crippen LogP contribution in [0.4, 0.5) is 4.79 Å². The molecule has 6 heteroatoms. The minimum Gasteiger partial charge on any atom is -0.467 e. The molecule has 3 rings (SSSR count). The zero-order chi connectivity index (χ0) is 22.4. The first-order valence-corrected chi connectivity index (χ1v) is 11.6. The molecule has 1 aliphatic heterocycles. The summed E-state index contributed by atoms with van der Waals surface area (Å²) >= 11 is 0. The van der Waals surface area contributed by atoms with Crippen LogP contribution in [-0.4, -0.2) is 47.8 Å². The zero-order valence-corrected chi connectivity index (χ0v) is 19.4. The lowest BCUT2D eigenvalue weighted by Crippen LogP contribution is -2.48. The van der Waals surface area contributed by atoms with Crippen LogP contribution in [0.5, 0.6) is 0 Å². The van der Waals surface area contributed by atoms with Gasteiger partial charge in [0.1, 0.15) is 11.6 Å². The minimum absolute atomic E-state index is 0.0396. The molecule has 0 spiro atoms. The van der Waals surface area contributed by atoms with E-state index in [4.69, 9.17) is 9.47 Å². The lowest BCUT2D eigenvalue weighted by molar-refractivity contribution is -0.146. The summed E-state index contributed by atoms with van der Waals surface area (Å²) in [6, 6.07) is 10.6. The minimum atomic E-state index is -0.590. The van der Waals surface area contributed by atoms with Crippen LogP contribution >= 0.6 is 0 Å². The van der Waals surface area contributed by atoms with Gasteiger partial charge >= 0.3 is 12.1 Å². The van der Waals surface area contributed by atoms with Gasteiger partial charge in [-0.25, -0.2) is 9.59 Å². The Balaban J connectivity index is 1.53. The summed E-state index contributed by atoms with van der Waals surface area (Å²) < 4.78 is 10.6. The zero-order valence-electron chi connectivity index (χ0n) is 19.4. The summed E-state index contributed by atoms with van der Waals surface area (Å²) in [4.78, 5) is 26.8. The lowest BCUT2D eigenvalue weighted by Gasteiger charge is -2.35. The summed E-state index contributed by atoms with van der Waals surface area (Å²) in [5.74, 6) is 0.225. The molecule has 0 radical (unpaired) electrons. The number of nitrogens with zero attached hydrogens (tertiary/aromatic N) is 1. The number of methoxy groups -OCH3 is 1. The Bertz CT molecular complexity index is 723. The molecule has 0 unspecified atom stereocenters. The normalized spacial score (nSPS) is 26.5. The highest BCUT2D eigenvalue weighted by Crippen LogP contribution is 2.35. The third-order valence-electron chi connectivity index (χ3n) is 6.47. The van der Waals surface area contributed by atoms with E-state index in [-0.39, 0.29) is 12.0 Å². The van der Waals surface area contributed by atoms with E-state index in [1.807, 2.05) is 26.8 Å². The van der Waals surface area contributed by atoms with Crippen molar-refractivity contribution in [2.24, 2.45) is 5.92 Å². The maximum absolute atomic E-state index is 12.9. The van der Waals surface area contributed by atoms with E-state index in [2.05, 4.69) is 29.6 Å². The third kappa shape index (κ3) is 6.70. The monoisotopic (exact) mass is 430 g/mol. The SMILES string of the molecule is COC(=O)[C@H]1CC[C@@H](CC2CCC(NCc3ccccc3)CC2)N1C(=O)OC(C)(C)C. The van der Waals surface area contributed by atoms with E-state index >= 15 is 0 Å². The number of esters is 1. The van der Waals surface area contributed by atoms with Crippen LogP contribution in [0.2, 0.25) is 0 Å². The summed E-state index contributed by atoms with van der Waals surface area (Å²) in [5.41, 5.74) is 0.727. The van der Waals surface area contributed by atoms with E-state index in [0.29, 0.717) is 18.4 Å². The molecule has 6 nitrogen and oxygen atoms in total. The number of hydrogen-bond donors (Lipinski definition) is 1. The van der Waals surface area contributed by atoms with Gasteiger partial charge in [0.2, 0.25) is 0 Å². The van der Waals surface area contributed by atoms with Crippen molar-refractivity contribution < 1.29 is 19.1 Å². The van der Waals surface area contributed by atoms with Gasteiger partial charge in [-0.3, -0.25) is 4.90 Å². The molecular formula is C25H38N2O4. The van der Waals surface area contributed by atoms with Crippen molar-refractivity contribution >= 4 is 12.1 Å². The highest BCUT2D eigenvalue weighted by Gasteiger charge is 2.44. The first kappa shape index (κ1) is 23.6. The highest BCUT2D eigenvalue weighted by molar-refractivity contribution is 5.82. The Morgan fingerprint density at radius 2 is 1.71 bits per heavy atom. The van der Waals surface area contributed by atoms with Crippen LogP contribution in [0, 0.1) is 5.92 Å². The van der Waals surface area contributed by atoms with Gasteiger partial charge in [0, 0.05) is 18.6 Å². The second-order valence-corrected chi connectivity index (χ2v) is 9.98. The Morgan fingerprint density at radius 3 is 2.32 bits per heavy atom. The maximum Gasteiger partial charge on any atom is 0.411 e. The molecule has 1 aliphatic carbocycles. The quantitative estimate of drug-likeness (QED) is 0.665. The Morgan fingerprint density at radius 1 is 1.03 bits per heavy atom. The molecule has 0 aromatic heterocycles. The predicted octanol–water partition coefficient (Wildman–Crippen LogP) is 4.67. The second-order valence-electron chi connectivity index (χ2n) is 9.98. The number of ether oxygens (including phenoxy) is 2. The van der Waals surface area contributed by atoms with E-state index in [1.165, 1.54) is 12.7 Å². The number of carbonyl (C=O) groups excluding carboxylic acids is 2. The molecule has 2 atom stereocenters. The van der Waals surface area contributed by atoms with Crippen LogP contribution < -0.4 is 5.32 Å². The molecule has 1 heterocycles. The fraction of sp³-hybridized carbons (Fsp3) is 0.680. The smallest absolute Gasteiger partial charge is 0.411 e. The number of amides is 1. The number of nitrogens with one attached hydrogen (secondary N) is 1. The van der Waals surface area contributed by atoms with Crippen LogP contribution in [0.3, 0.4) is 0 Å². The van der Waals surface area contributed by atoms with Gasteiger partial charge in [-0.1, -0.05) is 30.3 Å². The molecule has 2 fully saturated rings. The second kappa shape index (κ2) is 10.5. The summed E-state index contributed by atoms with van der Waals surface area (Å²) in [6.07, 6.45) is 6.59. The summed E-state index contributed by atoms with van der Waals surface area (Å²) in [6.45, 7) is 6.47. The largest absolute Gasteiger partial charge is 0.467 e. The number of carbonyl (C=O) groups is 2. The Hall–Kier alpha value is -2.08. The molecule has 0 bridgehead atoms. The van der Waals surface area contributed by atoms with E-state index in [9.17, 15) is 9.59 Å². The average molecular weight is 431 g/mol. The molecule has 1 aromatic rings. The highest BCUT2D eigenvalue weighted by atomic mass is 16.6. The molecule has 1 saturated heterocycles. The van der Waals surface area contributed by atoms with E-state index in [1.54, 1.807) is 4.90 Å². The van der Waals surface area contributed by atoms with Crippen molar-refractivity contribution in [1.82, 2.24) is 10.2 Å². The van der Waals surface area contributed by atoms with Crippen LogP contribution in [0.15, 0.2) is 30.3 Å². The van der Waals surface area contributed by atoms with Gasteiger partial charge in [0.15, 0.2) is 0 Å². The standard InChI is InChI=1S/C25H38N2O4/c1-25(2,3)31-24(29)27-21(14-15-22(27)23(28)30-4)16-18-10-12-20(13-11-18)26-17-19-8-6-5-7-9-19/h5-9,18,20-22,26H,10-17H2,1-4H3/t18?,20?,21-,22+/m0/s1. The molecule has 1 amide bonds. The predicted molar refractivity (Wildman–Crippen MR) is 121 cm³/mol. The van der Waals surface area contributed by atoms with E-state index < -0.39 is 17.7 Å². The molecule has 2 aliphatic rings. The van der Waals surface area contributed by atoms with E-state index in [0.717, 1.165) is 45.1 Å². The van der Waals surface area contributed by atoms with Gasteiger partial charge in [0.25, 0.3) is 0 Å². The first-order chi connectivity index (χ1) is 14.8. The van der Waals surface area contributed by atoms with Crippen LogP contribution in [0.25, 0.3) is 0 Å². The number of benzene rings is 1. The van der Waals surface area contributed by atoms with Crippen molar-refractivity contribution in [2.75, 3.05) is 7.11 Å². The number of hydrogen-bond acceptors (Lipinski definition) is 5. The molecular weight excluding hydrogens is 392 g/mol. The van der Waals surface area contributed by atoms with Gasteiger partial charge in [0.05, 0.1) is 7.11 Å². The fourth-order valence-electron chi connectivity index (χ4n) is 4.92. The molecule has 172 valence electrons. The summed E-state index contributed by atoms with van der Waals surface area (Å²) in [5, 5.41) is 3.69. The van der Waals surface area contributed by atoms with Crippen molar-refractivity contribution in [3.05, 3.63) is 35.9 Å².